The molecular weight excluding hydrogens is 348 g/mol. The molecule has 0 saturated carbocycles. The van der Waals surface area contributed by atoms with Crippen LogP contribution in [-0.4, -0.2) is 40.9 Å². The molecule has 2 aromatic rings. The molecule has 142 valence electrons. The van der Waals surface area contributed by atoms with E-state index in [2.05, 4.69) is 36.1 Å². The van der Waals surface area contributed by atoms with Crippen LogP contribution < -0.4 is 4.90 Å². The highest BCUT2D eigenvalue weighted by Gasteiger charge is 2.25. The van der Waals surface area contributed by atoms with Crippen LogP contribution in [0, 0.1) is 27.2 Å². The quantitative estimate of drug-likeness (QED) is 0.590. The van der Waals surface area contributed by atoms with Crippen LogP contribution in [0.4, 0.5) is 17.1 Å². The molecule has 2 aromatic carbocycles. The van der Waals surface area contributed by atoms with Gasteiger partial charge in [0.25, 0.3) is 11.4 Å². The van der Waals surface area contributed by atoms with E-state index in [9.17, 15) is 20.2 Å². The lowest BCUT2D eigenvalue weighted by Crippen LogP contribution is -2.30. The molecule has 0 unspecified atom stereocenters. The molecule has 1 aliphatic heterocycles. The molecule has 0 spiro atoms. The molecule has 1 saturated heterocycles. The van der Waals surface area contributed by atoms with Gasteiger partial charge in [0, 0.05) is 38.8 Å². The Bertz CT molecular complexity index is 838. The van der Waals surface area contributed by atoms with Gasteiger partial charge in [-0.1, -0.05) is 29.8 Å². The molecule has 0 atom stereocenters. The van der Waals surface area contributed by atoms with Gasteiger partial charge in [0.2, 0.25) is 0 Å². The maximum Gasteiger partial charge on any atom is 0.299 e. The Morgan fingerprint density at radius 1 is 0.926 bits per heavy atom. The van der Waals surface area contributed by atoms with Crippen molar-refractivity contribution < 1.29 is 9.85 Å². The molecule has 1 fully saturated rings. The Kier molecular flexibility index (Phi) is 5.66. The predicted molar refractivity (Wildman–Crippen MR) is 103 cm³/mol. The summed E-state index contributed by atoms with van der Waals surface area (Å²) >= 11 is 0. The molecule has 0 bridgehead atoms. The van der Waals surface area contributed by atoms with Crippen LogP contribution in [0.5, 0.6) is 0 Å². The summed E-state index contributed by atoms with van der Waals surface area (Å²) in [4.78, 5) is 25.5. The van der Waals surface area contributed by atoms with Gasteiger partial charge in [0.05, 0.1) is 15.9 Å². The summed E-state index contributed by atoms with van der Waals surface area (Å²) in [5, 5.41) is 22.3. The van der Waals surface area contributed by atoms with Gasteiger partial charge >= 0.3 is 0 Å². The van der Waals surface area contributed by atoms with Crippen molar-refractivity contribution in [2.24, 2.45) is 0 Å². The van der Waals surface area contributed by atoms with Crippen LogP contribution in [0.3, 0.4) is 0 Å². The first-order valence-corrected chi connectivity index (χ1v) is 8.90. The average molecular weight is 370 g/mol. The zero-order valence-electron chi connectivity index (χ0n) is 15.2. The first kappa shape index (κ1) is 18.8. The monoisotopic (exact) mass is 370 g/mol. The van der Waals surface area contributed by atoms with Crippen molar-refractivity contribution in [1.29, 1.82) is 0 Å². The third-order valence-electron chi connectivity index (χ3n) is 4.82. The van der Waals surface area contributed by atoms with E-state index < -0.39 is 9.85 Å². The molecule has 0 radical (unpaired) electrons. The van der Waals surface area contributed by atoms with E-state index in [1.807, 2.05) is 4.90 Å². The molecule has 0 N–H and O–H groups in total. The third-order valence-corrected chi connectivity index (χ3v) is 4.82. The van der Waals surface area contributed by atoms with Gasteiger partial charge in [-0.05, 0) is 25.0 Å². The zero-order chi connectivity index (χ0) is 19.4. The summed E-state index contributed by atoms with van der Waals surface area (Å²) in [5.74, 6) is 0. The van der Waals surface area contributed by atoms with Gasteiger partial charge in [-0.2, -0.15) is 0 Å². The second-order valence-electron chi connectivity index (χ2n) is 6.79. The Balaban J connectivity index is 1.73. The largest absolute Gasteiger partial charge is 0.365 e. The van der Waals surface area contributed by atoms with Gasteiger partial charge in [-0.25, -0.2) is 0 Å². The second kappa shape index (κ2) is 8.13. The maximum atomic E-state index is 11.4. The number of nitro groups is 2. The van der Waals surface area contributed by atoms with Gasteiger partial charge in [-0.15, -0.1) is 0 Å². The number of nitrogens with zero attached hydrogens (tertiary/aromatic N) is 4. The molecule has 1 heterocycles. The minimum absolute atomic E-state index is 0.212. The van der Waals surface area contributed by atoms with Gasteiger partial charge in [0.1, 0.15) is 5.69 Å². The highest BCUT2D eigenvalue weighted by molar-refractivity contribution is 5.66. The number of hydrogen-bond donors (Lipinski definition) is 0. The number of benzene rings is 2. The van der Waals surface area contributed by atoms with Crippen LogP contribution in [0.25, 0.3) is 0 Å². The lowest BCUT2D eigenvalue weighted by molar-refractivity contribution is -0.393. The molecule has 0 aliphatic carbocycles. The summed E-state index contributed by atoms with van der Waals surface area (Å²) in [7, 11) is 0. The molecule has 3 rings (SSSR count). The fourth-order valence-corrected chi connectivity index (χ4v) is 3.36. The minimum atomic E-state index is -0.609. The van der Waals surface area contributed by atoms with E-state index in [1.165, 1.54) is 23.3 Å². The Morgan fingerprint density at radius 3 is 2.33 bits per heavy atom. The maximum absolute atomic E-state index is 11.4. The van der Waals surface area contributed by atoms with Crippen LogP contribution in [-0.2, 0) is 6.54 Å². The summed E-state index contributed by atoms with van der Waals surface area (Å²) in [5.41, 5.74) is 2.45. The number of aryl methyl sites for hydroxylation is 1. The number of anilines is 1. The molecule has 27 heavy (non-hydrogen) atoms. The van der Waals surface area contributed by atoms with Crippen molar-refractivity contribution in [2.75, 3.05) is 31.1 Å². The van der Waals surface area contributed by atoms with Crippen LogP contribution in [0.1, 0.15) is 17.5 Å². The molecule has 8 nitrogen and oxygen atoms in total. The lowest BCUT2D eigenvalue weighted by Gasteiger charge is -2.23. The van der Waals surface area contributed by atoms with E-state index in [0.717, 1.165) is 32.1 Å². The van der Waals surface area contributed by atoms with Gasteiger partial charge in [-0.3, -0.25) is 25.1 Å². The topological polar surface area (TPSA) is 92.8 Å². The normalized spacial score (nSPS) is 15.4. The van der Waals surface area contributed by atoms with Crippen LogP contribution >= 0.6 is 0 Å². The molecule has 0 aromatic heterocycles. The van der Waals surface area contributed by atoms with Crippen molar-refractivity contribution in [3.05, 3.63) is 73.8 Å². The van der Waals surface area contributed by atoms with Crippen molar-refractivity contribution in [3.8, 4) is 0 Å². The van der Waals surface area contributed by atoms with E-state index in [0.29, 0.717) is 18.8 Å². The zero-order valence-corrected chi connectivity index (χ0v) is 15.2. The molecule has 8 heteroatoms. The smallest absolute Gasteiger partial charge is 0.299 e. The summed E-state index contributed by atoms with van der Waals surface area (Å²) < 4.78 is 0. The SMILES string of the molecule is Cc1ccc(CN2CCCN(c3ccc([N+](=O)[O-])cc3[N+](=O)[O-])CC2)cc1. The van der Waals surface area contributed by atoms with E-state index >= 15 is 0 Å². The lowest BCUT2D eigenvalue weighted by atomic mass is 10.1. The van der Waals surface area contributed by atoms with Crippen molar-refractivity contribution in [1.82, 2.24) is 4.90 Å². The summed E-state index contributed by atoms with van der Waals surface area (Å²) in [6.07, 6.45) is 0.875. The number of nitro benzene ring substituents is 2. The molecule has 0 amide bonds. The van der Waals surface area contributed by atoms with Crippen molar-refractivity contribution in [3.63, 3.8) is 0 Å². The fraction of sp³-hybridized carbons (Fsp3) is 0.368. The number of non-ortho nitro benzene ring substituents is 1. The minimum Gasteiger partial charge on any atom is -0.365 e. The van der Waals surface area contributed by atoms with E-state index in [1.54, 1.807) is 0 Å². The standard InChI is InChI=1S/C19H22N4O4/c1-15-3-5-16(6-4-15)14-20-9-2-10-21(12-11-20)18-8-7-17(22(24)25)13-19(18)23(26)27/h3-8,13H,2,9-12,14H2,1H3. The van der Waals surface area contributed by atoms with Crippen molar-refractivity contribution >= 4 is 17.1 Å². The predicted octanol–water partition coefficient (Wildman–Crippen LogP) is 3.52. The first-order valence-electron chi connectivity index (χ1n) is 8.90. The molecule has 1 aliphatic rings. The van der Waals surface area contributed by atoms with Crippen molar-refractivity contribution in [2.45, 2.75) is 19.9 Å². The number of rotatable bonds is 5. The Hall–Kier alpha value is -3.00. The van der Waals surface area contributed by atoms with Gasteiger partial charge in [0.15, 0.2) is 0 Å². The highest BCUT2D eigenvalue weighted by atomic mass is 16.6. The Labute approximate surface area is 157 Å². The first-order chi connectivity index (χ1) is 12.9. The Morgan fingerprint density at radius 2 is 1.67 bits per heavy atom. The highest BCUT2D eigenvalue weighted by Crippen LogP contribution is 2.32. The van der Waals surface area contributed by atoms with Crippen LogP contribution in [0.2, 0.25) is 0 Å². The summed E-state index contributed by atoms with van der Waals surface area (Å²) in [6.45, 7) is 5.92. The van der Waals surface area contributed by atoms with E-state index in [-0.39, 0.29) is 11.4 Å². The van der Waals surface area contributed by atoms with Crippen LogP contribution in [0.15, 0.2) is 42.5 Å². The van der Waals surface area contributed by atoms with Gasteiger partial charge < -0.3 is 4.90 Å². The second-order valence-corrected chi connectivity index (χ2v) is 6.79. The number of hydrogen-bond acceptors (Lipinski definition) is 6. The third kappa shape index (κ3) is 4.59. The fourth-order valence-electron chi connectivity index (χ4n) is 3.36. The van der Waals surface area contributed by atoms with E-state index in [4.69, 9.17) is 0 Å². The average Bonchev–Trinajstić information content (AvgIpc) is 2.88. The molecular formula is C19H22N4O4. The summed E-state index contributed by atoms with van der Waals surface area (Å²) in [6, 6.07) is 12.3.